The first-order valence-corrected chi connectivity index (χ1v) is 9.00. The van der Waals surface area contributed by atoms with Crippen molar-refractivity contribution in [2.45, 2.75) is 20.8 Å². The topological polar surface area (TPSA) is 112 Å². The van der Waals surface area contributed by atoms with Crippen LogP contribution in [-0.4, -0.2) is 33.2 Å². The summed E-state index contributed by atoms with van der Waals surface area (Å²) < 4.78 is 0. The van der Waals surface area contributed by atoms with E-state index < -0.39 is 17.9 Å². The minimum Gasteiger partial charge on any atom is -0.478 e. The molecule has 0 fully saturated rings. The Labute approximate surface area is 214 Å². The van der Waals surface area contributed by atoms with E-state index in [2.05, 4.69) is 0 Å². The molecule has 160 valence electrons. The van der Waals surface area contributed by atoms with Crippen LogP contribution in [0.15, 0.2) is 72.8 Å². The van der Waals surface area contributed by atoms with Crippen molar-refractivity contribution >= 4 is 17.9 Å². The number of hydrogen-bond acceptors (Lipinski definition) is 3. The number of hydrogen-bond donors (Lipinski definition) is 3. The SMILES string of the molecule is Cc1ccc(C(=O)O)cc1.Cc1ccc(C(=O)O)cc1.Cc1ccc(C(=O)O)cc1.[Nd]. The molecular formula is C24H24NdO6. The maximum atomic E-state index is 10.3. The van der Waals surface area contributed by atoms with E-state index in [1.807, 2.05) is 20.8 Å². The number of aromatic carboxylic acids is 3. The van der Waals surface area contributed by atoms with Gasteiger partial charge in [-0.15, -0.1) is 0 Å². The molecule has 3 N–H and O–H groups in total. The molecule has 0 aromatic heterocycles. The molecule has 0 atom stereocenters. The first kappa shape index (κ1) is 28.4. The van der Waals surface area contributed by atoms with Gasteiger partial charge in [-0.2, -0.15) is 0 Å². The molecule has 0 saturated heterocycles. The number of carboxylic acids is 3. The summed E-state index contributed by atoms with van der Waals surface area (Å²) in [5.74, 6) is -2.62. The van der Waals surface area contributed by atoms with Crippen molar-refractivity contribution in [1.82, 2.24) is 0 Å². The van der Waals surface area contributed by atoms with Crippen LogP contribution in [0.4, 0.5) is 0 Å². The molecule has 0 heterocycles. The second-order valence-corrected chi connectivity index (χ2v) is 6.51. The average molecular weight is 553 g/mol. The maximum Gasteiger partial charge on any atom is 0.335 e. The zero-order valence-corrected chi connectivity index (χ0v) is 20.7. The Kier molecular flexibility index (Phi) is 13.2. The second kappa shape index (κ2) is 14.4. The van der Waals surface area contributed by atoms with Gasteiger partial charge >= 0.3 is 17.9 Å². The molecule has 0 bridgehead atoms. The molecule has 0 aliphatic heterocycles. The van der Waals surface area contributed by atoms with E-state index in [9.17, 15) is 14.4 Å². The number of carboxylic acid groups (broad SMARTS) is 3. The van der Waals surface area contributed by atoms with Crippen LogP contribution >= 0.6 is 0 Å². The summed E-state index contributed by atoms with van der Waals surface area (Å²) in [5, 5.41) is 25.4. The second-order valence-electron chi connectivity index (χ2n) is 6.51. The zero-order chi connectivity index (χ0) is 22.7. The van der Waals surface area contributed by atoms with Gasteiger partial charge < -0.3 is 15.3 Å². The van der Waals surface area contributed by atoms with Crippen molar-refractivity contribution in [3.63, 3.8) is 0 Å². The minimum absolute atomic E-state index is 0. The van der Waals surface area contributed by atoms with Crippen molar-refractivity contribution in [1.29, 1.82) is 0 Å². The van der Waals surface area contributed by atoms with Crippen LogP contribution in [0, 0.1) is 61.6 Å². The molecular weight excluding hydrogens is 528 g/mol. The summed E-state index contributed by atoms with van der Waals surface area (Å²) in [5.41, 5.74) is 4.24. The predicted octanol–water partition coefficient (Wildman–Crippen LogP) is 5.08. The van der Waals surface area contributed by atoms with Crippen molar-refractivity contribution in [2.75, 3.05) is 0 Å². The molecule has 3 rings (SSSR count). The van der Waals surface area contributed by atoms with E-state index >= 15 is 0 Å². The fourth-order valence-corrected chi connectivity index (χ4v) is 2.09. The Morgan fingerprint density at radius 2 is 0.613 bits per heavy atom. The van der Waals surface area contributed by atoms with Gasteiger partial charge in [-0.05, 0) is 57.2 Å². The predicted molar refractivity (Wildman–Crippen MR) is 114 cm³/mol. The summed E-state index contributed by atoms with van der Waals surface area (Å²) in [6.07, 6.45) is 0. The van der Waals surface area contributed by atoms with Crippen LogP contribution in [0.5, 0.6) is 0 Å². The van der Waals surface area contributed by atoms with Crippen LogP contribution in [0.1, 0.15) is 47.8 Å². The monoisotopic (exact) mass is 550 g/mol. The Balaban J connectivity index is 0.000000429. The van der Waals surface area contributed by atoms with Crippen LogP contribution in [-0.2, 0) is 0 Å². The van der Waals surface area contributed by atoms with Gasteiger partial charge in [0.15, 0.2) is 0 Å². The minimum atomic E-state index is -0.875. The van der Waals surface area contributed by atoms with Crippen molar-refractivity contribution in [2.24, 2.45) is 0 Å². The number of rotatable bonds is 3. The van der Waals surface area contributed by atoms with Crippen molar-refractivity contribution in [3.8, 4) is 0 Å². The molecule has 0 amide bonds. The van der Waals surface area contributed by atoms with Crippen LogP contribution in [0.2, 0.25) is 0 Å². The summed E-state index contributed by atoms with van der Waals surface area (Å²) in [7, 11) is 0. The zero-order valence-electron chi connectivity index (χ0n) is 17.5. The largest absolute Gasteiger partial charge is 0.478 e. The van der Waals surface area contributed by atoms with Gasteiger partial charge in [0.1, 0.15) is 0 Å². The molecule has 7 heteroatoms. The van der Waals surface area contributed by atoms with Gasteiger partial charge in [0.05, 0.1) is 16.7 Å². The van der Waals surface area contributed by atoms with Gasteiger partial charge in [0, 0.05) is 40.8 Å². The van der Waals surface area contributed by atoms with Gasteiger partial charge in [-0.25, -0.2) is 14.4 Å². The first-order chi connectivity index (χ1) is 14.1. The quantitative estimate of drug-likeness (QED) is 0.418. The summed E-state index contributed by atoms with van der Waals surface area (Å²) in [6.45, 7) is 5.77. The molecule has 0 aliphatic carbocycles. The van der Waals surface area contributed by atoms with E-state index in [1.54, 1.807) is 72.8 Å². The molecule has 0 aliphatic rings. The van der Waals surface area contributed by atoms with E-state index in [4.69, 9.17) is 15.3 Å². The van der Waals surface area contributed by atoms with Crippen LogP contribution in [0.3, 0.4) is 0 Å². The van der Waals surface area contributed by atoms with Crippen molar-refractivity contribution in [3.05, 3.63) is 106 Å². The van der Waals surface area contributed by atoms with Gasteiger partial charge in [0.2, 0.25) is 0 Å². The molecule has 0 spiro atoms. The van der Waals surface area contributed by atoms with Crippen LogP contribution < -0.4 is 0 Å². The molecule has 3 aromatic carbocycles. The van der Waals surface area contributed by atoms with E-state index in [0.717, 1.165) is 16.7 Å². The summed E-state index contributed by atoms with van der Waals surface area (Å²) in [4.78, 5) is 30.9. The number of aryl methyl sites for hydroxylation is 3. The Hall–Kier alpha value is -2.58. The third-order valence-corrected chi connectivity index (χ3v) is 3.90. The first-order valence-electron chi connectivity index (χ1n) is 9.00. The third-order valence-electron chi connectivity index (χ3n) is 3.90. The molecule has 3 aromatic rings. The summed E-state index contributed by atoms with van der Waals surface area (Å²) in [6, 6.07) is 20.3. The molecule has 31 heavy (non-hydrogen) atoms. The Bertz CT molecular complexity index is 846. The summed E-state index contributed by atoms with van der Waals surface area (Å²) >= 11 is 0. The Morgan fingerprint density at radius 1 is 0.452 bits per heavy atom. The molecule has 6 nitrogen and oxygen atoms in total. The van der Waals surface area contributed by atoms with Crippen LogP contribution in [0.25, 0.3) is 0 Å². The maximum absolute atomic E-state index is 10.3. The Morgan fingerprint density at radius 3 is 0.742 bits per heavy atom. The standard InChI is InChI=1S/3C8H8O2.Nd/c3*1-6-2-4-7(5-3-6)8(9)10;/h3*2-5H,1H3,(H,9,10);. The van der Waals surface area contributed by atoms with Gasteiger partial charge in [-0.1, -0.05) is 53.1 Å². The van der Waals surface area contributed by atoms with E-state index in [1.165, 1.54) is 0 Å². The van der Waals surface area contributed by atoms with Gasteiger partial charge in [0.25, 0.3) is 0 Å². The van der Waals surface area contributed by atoms with Crippen molar-refractivity contribution < 1.29 is 70.5 Å². The third kappa shape index (κ3) is 11.4. The van der Waals surface area contributed by atoms with E-state index in [0.29, 0.717) is 16.7 Å². The fourth-order valence-electron chi connectivity index (χ4n) is 2.09. The number of carbonyl (C=O) groups is 3. The fraction of sp³-hybridized carbons (Fsp3) is 0.125. The molecule has 0 radical (unpaired) electrons. The normalized spacial score (nSPS) is 9.00. The van der Waals surface area contributed by atoms with E-state index in [-0.39, 0.29) is 40.8 Å². The molecule has 0 unspecified atom stereocenters. The smallest absolute Gasteiger partial charge is 0.335 e. The molecule has 0 saturated carbocycles. The van der Waals surface area contributed by atoms with Gasteiger partial charge in [-0.3, -0.25) is 0 Å². The number of benzene rings is 3. The average Bonchev–Trinajstić information content (AvgIpc) is 2.70.